The van der Waals surface area contributed by atoms with Gasteiger partial charge in [0.2, 0.25) is 16.0 Å². The van der Waals surface area contributed by atoms with Crippen molar-refractivity contribution in [3.8, 4) is 17.0 Å². The second-order valence-electron chi connectivity index (χ2n) is 10.6. The molecule has 0 unspecified atom stereocenters. The van der Waals surface area contributed by atoms with Gasteiger partial charge in [-0.1, -0.05) is 11.3 Å². The SMILES string of the molecule is COc1ccc(-c2nc3sc(N(C)CC(=O)NCC[C@@H](C)N4CCCC4)nn3c2NC(C)(C)C)cc1. The molecule has 3 aromatic rings. The normalized spacial score (nSPS) is 15.3. The number of rotatable bonds is 10. The molecular formula is C26H39N7O2S. The smallest absolute Gasteiger partial charge is 0.239 e. The standard InChI is InChI=1S/C26H39N7O2S/c1-18(32-15-7-8-16-32)13-14-27-21(34)17-31(5)25-30-33-23(29-26(2,3)4)22(28-24(33)36-25)19-9-11-20(35-6)12-10-19/h9-12,18,29H,7-8,13-17H2,1-6H3,(H,27,34)/t18-/m1/s1. The third kappa shape index (κ3) is 6.28. The molecule has 0 bridgehead atoms. The van der Waals surface area contributed by atoms with E-state index in [4.69, 9.17) is 14.8 Å². The van der Waals surface area contributed by atoms with Gasteiger partial charge in [-0.15, -0.1) is 5.10 Å². The Kier molecular flexibility index (Phi) is 8.04. The molecule has 1 fully saturated rings. The molecule has 0 radical (unpaired) electrons. The molecule has 1 aliphatic heterocycles. The second kappa shape index (κ2) is 11.0. The first-order valence-corrected chi connectivity index (χ1v) is 13.5. The number of anilines is 2. The number of likely N-dealkylation sites (N-methyl/N-ethyl adjacent to an activating group) is 1. The van der Waals surface area contributed by atoms with Crippen LogP contribution in [0, 0.1) is 0 Å². The van der Waals surface area contributed by atoms with Crippen molar-refractivity contribution in [2.75, 3.05) is 50.6 Å². The summed E-state index contributed by atoms with van der Waals surface area (Å²) in [5, 5.41) is 12.2. The summed E-state index contributed by atoms with van der Waals surface area (Å²) in [5.74, 6) is 1.64. The number of nitrogens with one attached hydrogen (secondary N) is 2. The number of methoxy groups -OCH3 is 1. The zero-order valence-electron chi connectivity index (χ0n) is 22.3. The minimum atomic E-state index is -0.182. The van der Waals surface area contributed by atoms with Crippen molar-refractivity contribution in [3.05, 3.63) is 24.3 Å². The highest BCUT2D eigenvalue weighted by Gasteiger charge is 2.24. The maximum atomic E-state index is 12.6. The van der Waals surface area contributed by atoms with Gasteiger partial charge in [-0.25, -0.2) is 4.98 Å². The van der Waals surface area contributed by atoms with Gasteiger partial charge >= 0.3 is 0 Å². The van der Waals surface area contributed by atoms with Gasteiger partial charge in [0.1, 0.15) is 11.4 Å². The molecule has 1 atom stereocenters. The Morgan fingerprint density at radius 3 is 2.56 bits per heavy atom. The van der Waals surface area contributed by atoms with Crippen molar-refractivity contribution in [1.29, 1.82) is 0 Å². The summed E-state index contributed by atoms with van der Waals surface area (Å²) in [6.45, 7) is 11.9. The summed E-state index contributed by atoms with van der Waals surface area (Å²) in [6.07, 6.45) is 3.54. The van der Waals surface area contributed by atoms with Crippen LogP contribution in [0.4, 0.5) is 10.9 Å². The van der Waals surface area contributed by atoms with Gasteiger partial charge in [-0.3, -0.25) is 4.79 Å². The molecule has 0 aliphatic carbocycles. The number of carbonyl (C=O) groups excluding carboxylic acids is 1. The van der Waals surface area contributed by atoms with Crippen LogP contribution >= 0.6 is 11.3 Å². The molecule has 1 aromatic carbocycles. The molecule has 196 valence electrons. The number of aromatic nitrogens is 3. The van der Waals surface area contributed by atoms with E-state index in [1.54, 1.807) is 7.11 Å². The van der Waals surface area contributed by atoms with E-state index < -0.39 is 0 Å². The minimum Gasteiger partial charge on any atom is -0.497 e. The van der Waals surface area contributed by atoms with Crippen molar-refractivity contribution >= 4 is 33.2 Å². The van der Waals surface area contributed by atoms with Gasteiger partial charge in [-0.05, 0) is 84.3 Å². The summed E-state index contributed by atoms with van der Waals surface area (Å²) in [4.78, 5) is 22.7. The number of nitrogens with zero attached hydrogens (tertiary/aromatic N) is 5. The van der Waals surface area contributed by atoms with Crippen LogP contribution in [-0.2, 0) is 4.79 Å². The highest BCUT2D eigenvalue weighted by atomic mass is 32.1. The highest BCUT2D eigenvalue weighted by molar-refractivity contribution is 7.20. The number of fused-ring (bicyclic) bond motifs is 1. The Hall–Kier alpha value is -2.85. The number of hydrogen-bond donors (Lipinski definition) is 2. The Morgan fingerprint density at radius 1 is 1.22 bits per heavy atom. The van der Waals surface area contributed by atoms with E-state index in [-0.39, 0.29) is 18.0 Å². The topological polar surface area (TPSA) is 87.0 Å². The molecule has 1 saturated heterocycles. The Balaban J connectivity index is 1.45. The van der Waals surface area contributed by atoms with Gasteiger partial charge in [0.15, 0.2) is 5.82 Å². The number of ether oxygens (including phenoxy) is 1. The summed E-state index contributed by atoms with van der Waals surface area (Å²) < 4.78 is 7.15. The van der Waals surface area contributed by atoms with E-state index in [9.17, 15) is 4.79 Å². The zero-order valence-corrected chi connectivity index (χ0v) is 23.1. The van der Waals surface area contributed by atoms with Crippen molar-refractivity contribution < 1.29 is 9.53 Å². The van der Waals surface area contributed by atoms with E-state index in [2.05, 4.69) is 43.2 Å². The van der Waals surface area contributed by atoms with E-state index in [0.717, 1.165) is 39.3 Å². The van der Waals surface area contributed by atoms with Gasteiger partial charge < -0.3 is 25.2 Å². The monoisotopic (exact) mass is 513 g/mol. The van der Waals surface area contributed by atoms with Gasteiger partial charge in [0.05, 0.1) is 13.7 Å². The third-order valence-electron chi connectivity index (χ3n) is 6.41. The zero-order chi connectivity index (χ0) is 25.9. The van der Waals surface area contributed by atoms with Crippen molar-refractivity contribution in [2.24, 2.45) is 0 Å². The molecule has 2 N–H and O–H groups in total. The molecule has 3 heterocycles. The molecule has 2 aromatic heterocycles. The number of carbonyl (C=O) groups is 1. The average molecular weight is 514 g/mol. The lowest BCUT2D eigenvalue weighted by Crippen LogP contribution is -2.38. The Labute approximate surface area is 217 Å². The first-order valence-electron chi connectivity index (χ1n) is 12.7. The summed E-state index contributed by atoms with van der Waals surface area (Å²) >= 11 is 1.47. The lowest BCUT2D eigenvalue weighted by molar-refractivity contribution is -0.119. The fourth-order valence-electron chi connectivity index (χ4n) is 4.43. The summed E-state index contributed by atoms with van der Waals surface area (Å²) in [6, 6.07) is 8.37. The lowest BCUT2D eigenvalue weighted by Gasteiger charge is -2.24. The second-order valence-corrected chi connectivity index (χ2v) is 11.5. The molecule has 9 nitrogen and oxygen atoms in total. The molecule has 36 heavy (non-hydrogen) atoms. The van der Waals surface area contributed by atoms with Crippen molar-refractivity contribution in [1.82, 2.24) is 24.8 Å². The largest absolute Gasteiger partial charge is 0.497 e. The molecule has 1 amide bonds. The highest BCUT2D eigenvalue weighted by Crippen LogP contribution is 2.35. The molecule has 4 rings (SSSR count). The fraction of sp³-hybridized carbons (Fsp3) is 0.577. The molecule has 1 aliphatic rings. The van der Waals surface area contributed by atoms with E-state index in [1.165, 1.54) is 37.3 Å². The van der Waals surface area contributed by atoms with Crippen LogP contribution in [0.25, 0.3) is 16.2 Å². The maximum Gasteiger partial charge on any atom is 0.239 e. The average Bonchev–Trinajstić information content (AvgIpc) is 3.56. The number of benzene rings is 1. The number of likely N-dealkylation sites (tertiary alicyclic amines) is 1. The van der Waals surface area contributed by atoms with Crippen LogP contribution in [0.2, 0.25) is 0 Å². The predicted molar refractivity (Wildman–Crippen MR) is 147 cm³/mol. The van der Waals surface area contributed by atoms with Gasteiger partial charge in [0.25, 0.3) is 0 Å². The van der Waals surface area contributed by atoms with Crippen LogP contribution in [0.5, 0.6) is 5.75 Å². The fourth-order valence-corrected chi connectivity index (χ4v) is 5.30. The van der Waals surface area contributed by atoms with E-state index >= 15 is 0 Å². The van der Waals surface area contributed by atoms with Crippen molar-refractivity contribution in [3.63, 3.8) is 0 Å². The first kappa shape index (κ1) is 26.2. The summed E-state index contributed by atoms with van der Waals surface area (Å²) in [7, 11) is 3.55. The predicted octanol–water partition coefficient (Wildman–Crippen LogP) is 4.10. The number of imidazole rings is 1. The van der Waals surface area contributed by atoms with Crippen LogP contribution in [0.3, 0.4) is 0 Å². The molecule has 0 spiro atoms. The molecule has 0 saturated carbocycles. The molecular weight excluding hydrogens is 474 g/mol. The lowest BCUT2D eigenvalue weighted by atomic mass is 10.1. The van der Waals surface area contributed by atoms with Crippen LogP contribution in [0.1, 0.15) is 47.0 Å². The van der Waals surface area contributed by atoms with Gasteiger partial charge in [-0.2, -0.15) is 4.52 Å². The summed E-state index contributed by atoms with van der Waals surface area (Å²) in [5.41, 5.74) is 1.64. The first-order chi connectivity index (χ1) is 17.1. The number of amides is 1. The Morgan fingerprint density at radius 2 is 1.92 bits per heavy atom. The van der Waals surface area contributed by atoms with Crippen LogP contribution in [0.15, 0.2) is 24.3 Å². The Bertz CT molecular complexity index is 1160. The molecule has 10 heteroatoms. The van der Waals surface area contributed by atoms with E-state index in [0.29, 0.717) is 12.6 Å². The minimum absolute atomic E-state index is 0.00549. The number of hydrogen-bond acceptors (Lipinski definition) is 8. The maximum absolute atomic E-state index is 12.6. The van der Waals surface area contributed by atoms with E-state index in [1.807, 2.05) is 40.7 Å². The third-order valence-corrected chi connectivity index (χ3v) is 7.43. The van der Waals surface area contributed by atoms with Crippen LogP contribution in [-0.4, -0.2) is 77.3 Å². The van der Waals surface area contributed by atoms with Crippen LogP contribution < -0.4 is 20.3 Å². The van der Waals surface area contributed by atoms with Gasteiger partial charge in [0, 0.05) is 30.7 Å². The quantitative estimate of drug-likeness (QED) is 0.422. The van der Waals surface area contributed by atoms with Crippen molar-refractivity contribution in [2.45, 2.75) is 58.5 Å².